The number of rotatable bonds is 28. The largest absolute Gasteiger partial charge is 2.00 e. The average Bonchev–Trinajstić information content (AvgIpc) is 3.18. The molecule has 0 spiro atoms. The summed E-state index contributed by atoms with van der Waals surface area (Å²) in [7, 11) is -9.56. The molecule has 0 fully saturated rings. The second-order valence-corrected chi connectivity index (χ2v) is 17.3. The van der Waals surface area contributed by atoms with Gasteiger partial charge in [-0.25, -0.2) is 36.0 Å². The zero-order valence-electron chi connectivity index (χ0n) is 35.2. The summed E-state index contributed by atoms with van der Waals surface area (Å²) in [4.78, 5) is 48.8. The second-order valence-electron chi connectivity index (χ2n) is 14.0. The molecule has 0 aliphatic heterocycles. The van der Waals surface area contributed by atoms with Crippen molar-refractivity contribution in [2.75, 3.05) is 13.2 Å². The Morgan fingerprint density at radius 3 is 0.949 bits per heavy atom. The summed E-state index contributed by atoms with van der Waals surface area (Å²) in [5, 5.41) is 0. The van der Waals surface area contributed by atoms with Gasteiger partial charge in [-0.2, -0.15) is 0 Å². The molecule has 0 heterocycles. The minimum atomic E-state index is -4.78. The molecule has 0 saturated heterocycles. The van der Waals surface area contributed by atoms with Crippen molar-refractivity contribution in [1.82, 2.24) is 0 Å². The van der Waals surface area contributed by atoms with Gasteiger partial charge in [0.1, 0.15) is 20.2 Å². The van der Waals surface area contributed by atoms with Gasteiger partial charge in [0.25, 0.3) is 0 Å². The van der Waals surface area contributed by atoms with E-state index in [0.717, 1.165) is 52.4 Å². The third-order valence-electron chi connectivity index (χ3n) is 9.05. The van der Waals surface area contributed by atoms with Crippen LogP contribution in [0.15, 0.2) is 48.5 Å². The van der Waals surface area contributed by atoms with Crippen molar-refractivity contribution in [3.63, 3.8) is 0 Å². The Morgan fingerprint density at radius 2 is 0.695 bits per heavy atom. The van der Waals surface area contributed by atoms with Crippen molar-refractivity contribution < 1.29 is 64.1 Å². The first-order chi connectivity index (χ1) is 27.5. The van der Waals surface area contributed by atoms with Crippen molar-refractivity contribution >= 4 is 81.9 Å². The summed E-state index contributed by atoms with van der Waals surface area (Å²) in [5.41, 5.74) is -4.02. The molecular formula is C42H62CaO14S2. The van der Waals surface area contributed by atoms with Crippen LogP contribution in [0.25, 0.3) is 0 Å². The maximum atomic E-state index is 12.3. The van der Waals surface area contributed by atoms with Crippen LogP contribution >= 0.6 is 0 Å². The van der Waals surface area contributed by atoms with E-state index in [2.05, 4.69) is 23.3 Å². The molecule has 0 amide bonds. The molecule has 59 heavy (non-hydrogen) atoms. The second kappa shape index (κ2) is 32.2. The first kappa shape index (κ1) is 56.4. The van der Waals surface area contributed by atoms with Crippen LogP contribution in [0.5, 0.6) is 0 Å². The summed E-state index contributed by atoms with van der Waals surface area (Å²) in [6.45, 7) is 6.79. The van der Waals surface area contributed by atoms with Crippen molar-refractivity contribution in [2.45, 2.75) is 154 Å². The predicted octanol–water partition coefficient (Wildman–Crippen LogP) is 8.46. The Morgan fingerprint density at radius 1 is 0.458 bits per heavy atom. The summed E-state index contributed by atoms with van der Waals surface area (Å²) < 4.78 is 85.2. The van der Waals surface area contributed by atoms with E-state index < -0.39 is 55.0 Å². The molecular weight excluding hydrogens is 833 g/mol. The van der Waals surface area contributed by atoms with Crippen LogP contribution in [0.2, 0.25) is 0 Å². The fraction of sp³-hybridized carbons (Fsp3) is 0.619. The standard InChI is InChI=1S/2C21H32O7S.Ca/c2*1-3-4-5-6-7-8-9-10-13-16-27-20(22)18-14-11-12-15-19(18)21(23)28-17(2)29(24,25)26;/h2*11-12,14-15,17H,3-10,13,16H2,1-2H3,(H,24,25,26);/q;;+2/p-2. The van der Waals surface area contributed by atoms with Crippen LogP contribution in [0.4, 0.5) is 0 Å². The Balaban J connectivity index is 0.00000112. The molecule has 14 nitrogen and oxygen atoms in total. The van der Waals surface area contributed by atoms with Gasteiger partial charge in [-0.15, -0.1) is 0 Å². The van der Waals surface area contributed by atoms with Crippen molar-refractivity contribution in [2.24, 2.45) is 0 Å². The maximum absolute atomic E-state index is 12.3. The number of benzene rings is 2. The van der Waals surface area contributed by atoms with Crippen LogP contribution in [0.3, 0.4) is 0 Å². The Hall–Kier alpha value is -2.60. The van der Waals surface area contributed by atoms with Gasteiger partial charge in [0.15, 0.2) is 10.9 Å². The van der Waals surface area contributed by atoms with E-state index in [0.29, 0.717) is 0 Å². The first-order valence-corrected chi connectivity index (χ1v) is 23.3. The summed E-state index contributed by atoms with van der Waals surface area (Å²) in [5.74, 6) is -3.50. The molecule has 0 radical (unpaired) electrons. The molecule has 2 aromatic carbocycles. The van der Waals surface area contributed by atoms with Crippen LogP contribution in [-0.4, -0.2) is 112 Å². The van der Waals surface area contributed by atoms with Crippen molar-refractivity contribution in [1.29, 1.82) is 0 Å². The van der Waals surface area contributed by atoms with Gasteiger partial charge in [0, 0.05) is 0 Å². The van der Waals surface area contributed by atoms with Crippen molar-refractivity contribution in [3.8, 4) is 0 Å². The van der Waals surface area contributed by atoms with Gasteiger partial charge >= 0.3 is 61.6 Å². The number of hydrogen-bond acceptors (Lipinski definition) is 14. The van der Waals surface area contributed by atoms with E-state index >= 15 is 0 Å². The number of ether oxygens (including phenoxy) is 4. The van der Waals surface area contributed by atoms with Gasteiger partial charge in [0.05, 0.1) is 35.5 Å². The molecule has 0 bridgehead atoms. The van der Waals surface area contributed by atoms with Crippen molar-refractivity contribution in [3.05, 3.63) is 70.8 Å². The molecule has 0 aliphatic rings. The van der Waals surface area contributed by atoms with Gasteiger partial charge in [-0.1, -0.05) is 141 Å². The molecule has 2 unspecified atom stereocenters. The third-order valence-corrected chi connectivity index (χ3v) is 10.9. The molecule has 0 N–H and O–H groups in total. The molecule has 0 saturated carbocycles. The normalized spacial score (nSPS) is 12.2. The van der Waals surface area contributed by atoms with E-state index in [1.165, 1.54) is 113 Å². The number of unbranched alkanes of at least 4 members (excludes halogenated alkanes) is 16. The molecule has 17 heteroatoms. The van der Waals surface area contributed by atoms with Gasteiger partial charge in [-0.3, -0.25) is 0 Å². The smallest absolute Gasteiger partial charge is 0.745 e. The quantitative estimate of drug-likeness (QED) is 0.0257. The molecule has 2 rings (SSSR count). The zero-order valence-corrected chi connectivity index (χ0v) is 39.0. The predicted molar refractivity (Wildman–Crippen MR) is 223 cm³/mol. The molecule has 2 atom stereocenters. The maximum Gasteiger partial charge on any atom is 2.00 e. The number of carbonyl (C=O) groups is 4. The number of carbonyl (C=O) groups excluding carboxylic acids is 4. The SMILES string of the molecule is CCCCCCCCCCCOC(=O)c1ccccc1C(=O)OC(C)S(=O)(=O)[O-].CCCCCCCCCCCOC(=O)c1ccccc1C(=O)OC(C)S(=O)(=O)[O-].[Ca+2]. The zero-order chi connectivity index (χ0) is 43.4. The van der Waals surface area contributed by atoms with E-state index in [-0.39, 0.29) is 73.2 Å². The fourth-order valence-corrected chi connectivity index (χ4v) is 5.95. The Bertz CT molecular complexity index is 1620. The van der Waals surface area contributed by atoms with Crippen LogP contribution in [-0.2, 0) is 39.2 Å². The average molecular weight is 895 g/mol. The summed E-state index contributed by atoms with van der Waals surface area (Å²) >= 11 is 0. The van der Waals surface area contributed by atoms with Crippen LogP contribution in [0.1, 0.15) is 185 Å². The topological polar surface area (TPSA) is 220 Å². The minimum Gasteiger partial charge on any atom is -0.745 e. The summed E-state index contributed by atoms with van der Waals surface area (Å²) in [6, 6.07) is 11.5. The van der Waals surface area contributed by atoms with Crippen LogP contribution < -0.4 is 0 Å². The van der Waals surface area contributed by atoms with E-state index in [1.54, 1.807) is 12.1 Å². The number of esters is 4. The monoisotopic (exact) mass is 894 g/mol. The van der Waals surface area contributed by atoms with Gasteiger partial charge in [-0.05, 0) is 51.0 Å². The first-order valence-electron chi connectivity index (χ1n) is 20.4. The Labute approximate surface area is 381 Å². The minimum absolute atomic E-state index is 0. The van der Waals surface area contributed by atoms with E-state index in [4.69, 9.17) is 9.47 Å². The van der Waals surface area contributed by atoms with Gasteiger partial charge < -0.3 is 28.1 Å². The van der Waals surface area contributed by atoms with E-state index in [1.807, 2.05) is 0 Å². The molecule has 328 valence electrons. The summed E-state index contributed by atoms with van der Waals surface area (Å²) in [6.07, 6.45) is 20.5. The fourth-order valence-electron chi connectivity index (χ4n) is 5.54. The third kappa shape index (κ3) is 25.1. The molecule has 2 aromatic rings. The number of hydrogen-bond donors (Lipinski definition) is 0. The Kier molecular flexibility index (Phi) is 30.7. The molecule has 0 aliphatic carbocycles. The van der Waals surface area contributed by atoms with Gasteiger partial charge in [0.2, 0.25) is 0 Å². The van der Waals surface area contributed by atoms with Crippen LogP contribution in [0, 0.1) is 0 Å². The van der Waals surface area contributed by atoms with E-state index in [9.17, 15) is 45.1 Å². The molecule has 0 aromatic heterocycles.